The van der Waals surface area contributed by atoms with Crippen molar-refractivity contribution in [2.45, 2.75) is 26.8 Å². The van der Waals surface area contributed by atoms with Crippen LogP contribution in [0.25, 0.3) is 0 Å². The Balaban J connectivity index is 2.83. The average Bonchev–Trinajstić information content (AvgIpc) is 2.03. The maximum Gasteiger partial charge on any atom is 0.0368 e. The molecule has 1 rings (SSSR count). The molecule has 0 aliphatic rings. The first kappa shape index (κ1) is 9.90. The lowest BCUT2D eigenvalue weighted by molar-refractivity contribution is 0.899. The molecule has 0 spiro atoms. The van der Waals surface area contributed by atoms with Crippen LogP contribution in [0.2, 0.25) is 0 Å². The zero-order valence-electron chi connectivity index (χ0n) is 8.81. The molecule has 2 N–H and O–H groups in total. The number of nitrogens with one attached hydrogen (secondary N) is 2. The van der Waals surface area contributed by atoms with Crippen molar-refractivity contribution in [1.82, 2.24) is 0 Å². The molecule has 0 radical (unpaired) electrons. The second-order valence-corrected chi connectivity index (χ2v) is 3.58. The van der Waals surface area contributed by atoms with Crippen LogP contribution in [-0.4, -0.2) is 13.1 Å². The highest BCUT2D eigenvalue weighted by Crippen LogP contribution is 2.19. The minimum Gasteiger partial charge on any atom is -0.388 e. The van der Waals surface area contributed by atoms with Gasteiger partial charge in [0.1, 0.15) is 0 Å². The summed E-state index contributed by atoms with van der Waals surface area (Å²) in [5.41, 5.74) is 3.65. The van der Waals surface area contributed by atoms with E-state index in [0.717, 1.165) is 0 Å². The molecule has 0 amide bonds. The van der Waals surface area contributed by atoms with Gasteiger partial charge in [-0.25, -0.2) is 0 Å². The predicted octanol–water partition coefficient (Wildman–Crippen LogP) is 2.86. The second kappa shape index (κ2) is 4.17. The first-order chi connectivity index (χ1) is 6.13. The van der Waals surface area contributed by atoms with Gasteiger partial charge in [0.2, 0.25) is 0 Å². The van der Waals surface area contributed by atoms with Crippen LogP contribution in [0.1, 0.15) is 19.4 Å². The van der Waals surface area contributed by atoms with Crippen molar-refractivity contribution in [2.75, 3.05) is 17.7 Å². The van der Waals surface area contributed by atoms with E-state index in [0.29, 0.717) is 6.04 Å². The Bertz CT molecular complexity index is 279. The van der Waals surface area contributed by atoms with Crippen LogP contribution in [0.15, 0.2) is 18.2 Å². The fraction of sp³-hybridized carbons (Fsp3) is 0.455. The van der Waals surface area contributed by atoms with E-state index in [-0.39, 0.29) is 0 Å². The third-order valence-corrected chi connectivity index (χ3v) is 1.95. The van der Waals surface area contributed by atoms with Gasteiger partial charge in [-0.15, -0.1) is 0 Å². The molecule has 0 saturated carbocycles. The number of rotatable bonds is 3. The van der Waals surface area contributed by atoms with Crippen molar-refractivity contribution in [3.05, 3.63) is 23.8 Å². The molecular formula is C11H18N2. The largest absolute Gasteiger partial charge is 0.388 e. The highest BCUT2D eigenvalue weighted by atomic mass is 14.9. The van der Waals surface area contributed by atoms with Crippen molar-refractivity contribution < 1.29 is 0 Å². The van der Waals surface area contributed by atoms with Crippen LogP contribution >= 0.6 is 0 Å². The second-order valence-electron chi connectivity index (χ2n) is 3.58. The topological polar surface area (TPSA) is 24.1 Å². The fourth-order valence-corrected chi connectivity index (χ4v) is 1.37. The molecule has 0 aliphatic carbocycles. The molecule has 0 saturated heterocycles. The first-order valence-corrected chi connectivity index (χ1v) is 4.68. The van der Waals surface area contributed by atoms with Crippen LogP contribution in [0.3, 0.4) is 0 Å². The van der Waals surface area contributed by atoms with E-state index in [1.807, 2.05) is 7.05 Å². The van der Waals surface area contributed by atoms with Gasteiger partial charge >= 0.3 is 0 Å². The Morgan fingerprint density at radius 2 is 1.92 bits per heavy atom. The van der Waals surface area contributed by atoms with Crippen LogP contribution in [0.4, 0.5) is 11.4 Å². The van der Waals surface area contributed by atoms with Crippen molar-refractivity contribution in [1.29, 1.82) is 0 Å². The Morgan fingerprint density at radius 3 is 2.38 bits per heavy atom. The molecule has 0 unspecified atom stereocenters. The standard InChI is InChI=1S/C11H18N2/c1-8(2)13-10-5-6-11(12-4)9(3)7-10/h5-8,12-13H,1-4H3. The Hall–Kier alpha value is -1.18. The highest BCUT2D eigenvalue weighted by Gasteiger charge is 1.98. The van der Waals surface area contributed by atoms with E-state index in [1.165, 1.54) is 16.9 Å². The molecular weight excluding hydrogens is 160 g/mol. The molecule has 0 atom stereocenters. The molecule has 2 nitrogen and oxygen atoms in total. The molecule has 0 fully saturated rings. The maximum absolute atomic E-state index is 3.37. The number of hydrogen-bond donors (Lipinski definition) is 2. The molecule has 0 aliphatic heterocycles. The number of aryl methyl sites for hydroxylation is 1. The Labute approximate surface area is 80.4 Å². The fourth-order valence-electron chi connectivity index (χ4n) is 1.37. The monoisotopic (exact) mass is 178 g/mol. The zero-order chi connectivity index (χ0) is 9.84. The van der Waals surface area contributed by atoms with E-state index in [4.69, 9.17) is 0 Å². The smallest absolute Gasteiger partial charge is 0.0368 e. The first-order valence-electron chi connectivity index (χ1n) is 4.68. The zero-order valence-corrected chi connectivity index (χ0v) is 8.81. The highest BCUT2D eigenvalue weighted by molar-refractivity contribution is 5.59. The molecule has 0 heterocycles. The van der Waals surface area contributed by atoms with Gasteiger partial charge in [-0.05, 0) is 44.5 Å². The van der Waals surface area contributed by atoms with Crippen LogP contribution in [0.5, 0.6) is 0 Å². The lowest BCUT2D eigenvalue weighted by atomic mass is 10.1. The van der Waals surface area contributed by atoms with Gasteiger partial charge in [-0.1, -0.05) is 0 Å². The molecule has 0 aromatic heterocycles. The van der Waals surface area contributed by atoms with Crippen LogP contribution in [-0.2, 0) is 0 Å². The quantitative estimate of drug-likeness (QED) is 0.743. The van der Waals surface area contributed by atoms with E-state index in [1.54, 1.807) is 0 Å². The molecule has 13 heavy (non-hydrogen) atoms. The summed E-state index contributed by atoms with van der Waals surface area (Å²) in [6.45, 7) is 6.39. The summed E-state index contributed by atoms with van der Waals surface area (Å²) in [5, 5.41) is 6.52. The lowest BCUT2D eigenvalue weighted by Crippen LogP contribution is -2.09. The minimum absolute atomic E-state index is 0.486. The molecule has 72 valence electrons. The van der Waals surface area contributed by atoms with Crippen LogP contribution in [0, 0.1) is 6.92 Å². The summed E-state index contributed by atoms with van der Waals surface area (Å²) >= 11 is 0. The third-order valence-electron chi connectivity index (χ3n) is 1.95. The summed E-state index contributed by atoms with van der Waals surface area (Å²) < 4.78 is 0. The number of hydrogen-bond acceptors (Lipinski definition) is 2. The Morgan fingerprint density at radius 1 is 1.23 bits per heavy atom. The van der Waals surface area contributed by atoms with Gasteiger partial charge in [0.25, 0.3) is 0 Å². The molecule has 1 aromatic rings. The summed E-state index contributed by atoms with van der Waals surface area (Å²) in [7, 11) is 1.94. The van der Waals surface area contributed by atoms with Gasteiger partial charge in [0.05, 0.1) is 0 Å². The molecule has 0 bridgehead atoms. The predicted molar refractivity (Wildman–Crippen MR) is 59.5 cm³/mol. The van der Waals surface area contributed by atoms with E-state index >= 15 is 0 Å². The van der Waals surface area contributed by atoms with Gasteiger partial charge in [0, 0.05) is 24.5 Å². The van der Waals surface area contributed by atoms with E-state index in [2.05, 4.69) is 49.6 Å². The molecule has 1 aromatic carbocycles. The summed E-state index contributed by atoms with van der Waals surface area (Å²) in [6.07, 6.45) is 0. The van der Waals surface area contributed by atoms with Gasteiger partial charge in [-0.3, -0.25) is 0 Å². The van der Waals surface area contributed by atoms with Crippen molar-refractivity contribution in [2.24, 2.45) is 0 Å². The lowest BCUT2D eigenvalue weighted by Gasteiger charge is -2.12. The minimum atomic E-state index is 0.486. The third kappa shape index (κ3) is 2.65. The van der Waals surface area contributed by atoms with Crippen molar-refractivity contribution >= 4 is 11.4 Å². The van der Waals surface area contributed by atoms with E-state index in [9.17, 15) is 0 Å². The van der Waals surface area contributed by atoms with Crippen molar-refractivity contribution in [3.63, 3.8) is 0 Å². The Kier molecular flexibility index (Phi) is 3.18. The average molecular weight is 178 g/mol. The molecule has 2 heteroatoms. The van der Waals surface area contributed by atoms with E-state index < -0.39 is 0 Å². The summed E-state index contributed by atoms with van der Waals surface area (Å²) in [5.74, 6) is 0. The van der Waals surface area contributed by atoms with Gasteiger partial charge < -0.3 is 10.6 Å². The maximum atomic E-state index is 3.37. The summed E-state index contributed by atoms with van der Waals surface area (Å²) in [6, 6.07) is 6.84. The SMILES string of the molecule is CNc1ccc(NC(C)C)cc1C. The van der Waals surface area contributed by atoms with Crippen molar-refractivity contribution in [3.8, 4) is 0 Å². The van der Waals surface area contributed by atoms with Gasteiger partial charge in [-0.2, -0.15) is 0 Å². The van der Waals surface area contributed by atoms with Crippen LogP contribution < -0.4 is 10.6 Å². The number of anilines is 2. The van der Waals surface area contributed by atoms with Gasteiger partial charge in [0.15, 0.2) is 0 Å². The number of benzene rings is 1. The summed E-state index contributed by atoms with van der Waals surface area (Å²) in [4.78, 5) is 0. The normalized spacial score (nSPS) is 10.2.